The molecule has 21 heavy (non-hydrogen) atoms. The van der Waals surface area contributed by atoms with Crippen LogP contribution in [0.4, 0.5) is 17.3 Å². The van der Waals surface area contributed by atoms with Crippen molar-refractivity contribution in [3.8, 4) is 6.07 Å². The number of rotatable bonds is 7. The van der Waals surface area contributed by atoms with Gasteiger partial charge in [-0.3, -0.25) is 0 Å². The number of nitrogens with one attached hydrogen (secondary N) is 2. The Bertz CT molecular complexity index is 618. The fourth-order valence-corrected chi connectivity index (χ4v) is 1.93. The van der Waals surface area contributed by atoms with Crippen LogP contribution in [0.2, 0.25) is 0 Å². The number of unbranched alkanes of at least 4 members (excludes halogenated alkanes) is 2. The summed E-state index contributed by atoms with van der Waals surface area (Å²) in [7, 11) is 0. The fourth-order valence-electron chi connectivity index (χ4n) is 1.93. The van der Waals surface area contributed by atoms with Crippen LogP contribution in [-0.2, 0) is 0 Å². The lowest BCUT2D eigenvalue weighted by molar-refractivity contribution is 0.742. The Morgan fingerprint density at radius 1 is 1.14 bits per heavy atom. The van der Waals surface area contributed by atoms with Gasteiger partial charge in [-0.2, -0.15) is 5.26 Å². The van der Waals surface area contributed by atoms with E-state index in [-0.39, 0.29) is 0 Å². The summed E-state index contributed by atoms with van der Waals surface area (Å²) in [6.07, 6.45) is 5.07. The zero-order chi connectivity index (χ0) is 14.9. The third-order valence-electron chi connectivity index (χ3n) is 3.02. The Labute approximate surface area is 125 Å². The highest BCUT2D eigenvalue weighted by Gasteiger charge is 2.00. The van der Waals surface area contributed by atoms with Crippen LogP contribution < -0.4 is 10.6 Å². The summed E-state index contributed by atoms with van der Waals surface area (Å²) >= 11 is 0. The van der Waals surface area contributed by atoms with Crippen LogP contribution in [0, 0.1) is 11.3 Å². The second kappa shape index (κ2) is 7.85. The van der Waals surface area contributed by atoms with Gasteiger partial charge >= 0.3 is 0 Å². The van der Waals surface area contributed by atoms with E-state index in [1.807, 2.05) is 18.2 Å². The second-order valence-electron chi connectivity index (χ2n) is 4.74. The Morgan fingerprint density at radius 3 is 2.81 bits per heavy atom. The predicted octanol–water partition coefficient (Wildman–Crippen LogP) is 3.69. The van der Waals surface area contributed by atoms with Crippen LogP contribution in [0.5, 0.6) is 0 Å². The SMILES string of the molecule is CCCCCNc1cc(Nc2cccc(C#N)c2)ncn1. The van der Waals surface area contributed by atoms with Crippen LogP contribution in [0.1, 0.15) is 31.7 Å². The molecule has 0 radical (unpaired) electrons. The Balaban J connectivity index is 1.98. The third kappa shape index (κ3) is 4.77. The maximum atomic E-state index is 8.90. The molecule has 0 saturated heterocycles. The molecule has 0 unspecified atom stereocenters. The molecule has 2 aromatic rings. The first-order valence-electron chi connectivity index (χ1n) is 7.15. The second-order valence-corrected chi connectivity index (χ2v) is 4.74. The molecule has 0 aliphatic heterocycles. The molecule has 0 fully saturated rings. The number of nitriles is 1. The summed E-state index contributed by atoms with van der Waals surface area (Å²) in [4.78, 5) is 8.39. The van der Waals surface area contributed by atoms with E-state index in [1.54, 1.807) is 12.1 Å². The van der Waals surface area contributed by atoms with Crippen LogP contribution in [0.25, 0.3) is 0 Å². The fraction of sp³-hybridized carbons (Fsp3) is 0.312. The van der Waals surface area contributed by atoms with E-state index < -0.39 is 0 Å². The largest absolute Gasteiger partial charge is 0.370 e. The Kier molecular flexibility index (Phi) is 5.53. The van der Waals surface area contributed by atoms with Gasteiger partial charge in [0.1, 0.15) is 18.0 Å². The van der Waals surface area contributed by atoms with Gasteiger partial charge < -0.3 is 10.6 Å². The molecule has 0 atom stereocenters. The highest BCUT2D eigenvalue weighted by molar-refractivity contribution is 5.60. The molecule has 2 N–H and O–H groups in total. The van der Waals surface area contributed by atoms with Crippen molar-refractivity contribution in [2.24, 2.45) is 0 Å². The molecular formula is C16H19N5. The predicted molar refractivity (Wildman–Crippen MR) is 84.5 cm³/mol. The van der Waals surface area contributed by atoms with Gasteiger partial charge in [0, 0.05) is 18.3 Å². The van der Waals surface area contributed by atoms with Crippen molar-refractivity contribution in [1.82, 2.24) is 9.97 Å². The molecule has 5 heteroatoms. The minimum atomic E-state index is 0.618. The quantitative estimate of drug-likeness (QED) is 0.757. The van der Waals surface area contributed by atoms with Gasteiger partial charge in [-0.15, -0.1) is 0 Å². The van der Waals surface area contributed by atoms with Crippen molar-refractivity contribution >= 4 is 17.3 Å². The van der Waals surface area contributed by atoms with Gasteiger partial charge in [0.2, 0.25) is 0 Å². The van der Waals surface area contributed by atoms with Crippen molar-refractivity contribution in [3.63, 3.8) is 0 Å². The number of aromatic nitrogens is 2. The van der Waals surface area contributed by atoms with Gasteiger partial charge in [-0.25, -0.2) is 9.97 Å². The van der Waals surface area contributed by atoms with Gasteiger partial charge in [-0.1, -0.05) is 25.8 Å². The maximum Gasteiger partial charge on any atom is 0.135 e. The highest BCUT2D eigenvalue weighted by Crippen LogP contribution is 2.17. The molecular weight excluding hydrogens is 262 g/mol. The number of anilines is 3. The Hall–Kier alpha value is -2.61. The normalized spacial score (nSPS) is 9.90. The molecule has 5 nitrogen and oxygen atoms in total. The van der Waals surface area contributed by atoms with Gasteiger partial charge in [0.25, 0.3) is 0 Å². The molecule has 0 spiro atoms. The van der Waals surface area contributed by atoms with E-state index in [1.165, 1.54) is 19.2 Å². The summed E-state index contributed by atoms with van der Waals surface area (Å²) in [6.45, 7) is 3.09. The first kappa shape index (κ1) is 14.8. The summed E-state index contributed by atoms with van der Waals surface area (Å²) in [6, 6.07) is 11.3. The minimum absolute atomic E-state index is 0.618. The van der Waals surface area contributed by atoms with Crippen molar-refractivity contribution in [3.05, 3.63) is 42.2 Å². The summed E-state index contributed by atoms with van der Waals surface area (Å²) in [5.74, 6) is 1.51. The average molecular weight is 281 g/mol. The van der Waals surface area contributed by atoms with E-state index in [9.17, 15) is 0 Å². The lowest BCUT2D eigenvalue weighted by Crippen LogP contribution is -2.04. The molecule has 0 bridgehead atoms. The number of benzene rings is 1. The van der Waals surface area contributed by atoms with E-state index >= 15 is 0 Å². The maximum absolute atomic E-state index is 8.90. The zero-order valence-corrected chi connectivity index (χ0v) is 12.1. The summed E-state index contributed by atoms with van der Waals surface area (Å²) < 4.78 is 0. The summed E-state index contributed by atoms with van der Waals surface area (Å²) in [5, 5.41) is 15.4. The lowest BCUT2D eigenvalue weighted by Gasteiger charge is -2.08. The highest BCUT2D eigenvalue weighted by atomic mass is 15.1. The van der Waals surface area contributed by atoms with E-state index in [0.717, 1.165) is 24.5 Å². The number of hydrogen-bond donors (Lipinski definition) is 2. The van der Waals surface area contributed by atoms with Crippen LogP contribution in [-0.4, -0.2) is 16.5 Å². The van der Waals surface area contributed by atoms with E-state index in [2.05, 4.69) is 33.6 Å². The Morgan fingerprint density at radius 2 is 2.00 bits per heavy atom. The van der Waals surface area contributed by atoms with Gasteiger partial charge in [0.05, 0.1) is 11.6 Å². The molecule has 0 aliphatic carbocycles. The third-order valence-corrected chi connectivity index (χ3v) is 3.02. The number of nitrogens with zero attached hydrogens (tertiary/aromatic N) is 3. The minimum Gasteiger partial charge on any atom is -0.370 e. The van der Waals surface area contributed by atoms with E-state index in [0.29, 0.717) is 11.4 Å². The molecule has 1 heterocycles. The smallest absolute Gasteiger partial charge is 0.135 e. The van der Waals surface area contributed by atoms with Crippen LogP contribution >= 0.6 is 0 Å². The summed E-state index contributed by atoms with van der Waals surface area (Å²) in [5.41, 5.74) is 1.46. The van der Waals surface area contributed by atoms with Crippen molar-refractivity contribution < 1.29 is 0 Å². The first-order valence-corrected chi connectivity index (χ1v) is 7.15. The van der Waals surface area contributed by atoms with Gasteiger partial charge in [0.15, 0.2) is 0 Å². The van der Waals surface area contributed by atoms with Crippen LogP contribution in [0.15, 0.2) is 36.7 Å². The first-order chi connectivity index (χ1) is 10.3. The monoisotopic (exact) mass is 281 g/mol. The molecule has 1 aromatic carbocycles. The average Bonchev–Trinajstić information content (AvgIpc) is 2.52. The molecule has 0 aliphatic rings. The van der Waals surface area contributed by atoms with Crippen LogP contribution in [0.3, 0.4) is 0 Å². The molecule has 2 rings (SSSR count). The molecule has 1 aromatic heterocycles. The van der Waals surface area contributed by atoms with Gasteiger partial charge in [-0.05, 0) is 24.6 Å². The number of hydrogen-bond acceptors (Lipinski definition) is 5. The topological polar surface area (TPSA) is 73.6 Å². The zero-order valence-electron chi connectivity index (χ0n) is 12.1. The van der Waals surface area contributed by atoms with Crippen molar-refractivity contribution in [2.75, 3.05) is 17.2 Å². The molecule has 108 valence electrons. The standard InChI is InChI=1S/C16H19N5/c1-2-3-4-8-18-15-10-16(20-12-19-15)21-14-7-5-6-13(9-14)11-17/h5-7,9-10,12H,2-4,8H2,1H3,(H2,18,19,20,21). The van der Waals surface area contributed by atoms with Crippen molar-refractivity contribution in [2.45, 2.75) is 26.2 Å². The lowest BCUT2D eigenvalue weighted by atomic mass is 10.2. The van der Waals surface area contributed by atoms with Crippen molar-refractivity contribution in [1.29, 1.82) is 5.26 Å². The molecule has 0 saturated carbocycles. The molecule has 0 amide bonds. The van der Waals surface area contributed by atoms with E-state index in [4.69, 9.17) is 5.26 Å².